The summed E-state index contributed by atoms with van der Waals surface area (Å²) in [6.45, 7) is -0.270. The van der Waals surface area contributed by atoms with E-state index in [1.54, 1.807) is 30.3 Å². The molecule has 1 saturated heterocycles. The number of ether oxygens (including phenoxy) is 2. The van der Waals surface area contributed by atoms with Crippen molar-refractivity contribution in [3.05, 3.63) is 62.7 Å². The molecule has 0 unspecified atom stereocenters. The molecule has 0 saturated carbocycles. The Balaban J connectivity index is 1.82. The Morgan fingerprint density at radius 2 is 2.03 bits per heavy atom. The number of aliphatic carboxylic acids is 1. The summed E-state index contributed by atoms with van der Waals surface area (Å²) in [6.07, 6.45) is 1.61. The molecule has 6 nitrogen and oxygen atoms in total. The van der Waals surface area contributed by atoms with Crippen molar-refractivity contribution in [3.63, 3.8) is 0 Å². The molecule has 2 aromatic carbocycles. The molecule has 30 heavy (non-hydrogen) atoms. The Labute approximate surface area is 189 Å². The Hall–Kier alpha value is -2.43. The number of hydrogen-bond donors (Lipinski definition) is 1. The van der Waals surface area contributed by atoms with Gasteiger partial charge in [0.05, 0.1) is 16.5 Å². The molecule has 1 N–H and O–H groups in total. The second-order valence-electron chi connectivity index (χ2n) is 6.11. The van der Waals surface area contributed by atoms with Gasteiger partial charge in [-0.3, -0.25) is 14.5 Å². The third kappa shape index (κ3) is 5.18. The van der Waals surface area contributed by atoms with Gasteiger partial charge in [0.2, 0.25) is 0 Å². The van der Waals surface area contributed by atoms with Crippen molar-refractivity contribution in [2.45, 2.75) is 6.61 Å². The number of nitrogens with zero attached hydrogens (tertiary/aromatic N) is 1. The molecule has 0 radical (unpaired) electrons. The van der Waals surface area contributed by atoms with E-state index in [-0.39, 0.29) is 16.7 Å². The number of benzene rings is 2. The highest BCUT2D eigenvalue weighted by atomic mass is 79.9. The van der Waals surface area contributed by atoms with Gasteiger partial charge >= 0.3 is 5.97 Å². The number of thioether (sulfide) groups is 1. The van der Waals surface area contributed by atoms with Gasteiger partial charge in [-0.25, -0.2) is 4.39 Å². The van der Waals surface area contributed by atoms with E-state index in [0.717, 1.165) is 22.2 Å². The van der Waals surface area contributed by atoms with Crippen LogP contribution in [0.25, 0.3) is 6.08 Å². The Bertz CT molecular complexity index is 1040. The number of carboxylic acids is 1. The van der Waals surface area contributed by atoms with Gasteiger partial charge in [0.15, 0.2) is 11.5 Å². The van der Waals surface area contributed by atoms with Crippen molar-refractivity contribution < 1.29 is 28.6 Å². The van der Waals surface area contributed by atoms with Gasteiger partial charge < -0.3 is 14.6 Å². The van der Waals surface area contributed by atoms with Crippen LogP contribution in [0.15, 0.2) is 45.8 Å². The number of rotatable bonds is 7. The summed E-state index contributed by atoms with van der Waals surface area (Å²) < 4.78 is 25.1. The molecule has 0 aliphatic carbocycles. The number of carboxylic acid groups (broad SMARTS) is 1. The average Bonchev–Trinajstić information content (AvgIpc) is 2.95. The minimum atomic E-state index is -1.14. The number of carbonyl (C=O) groups excluding carboxylic acids is 1. The van der Waals surface area contributed by atoms with Crippen LogP contribution in [0.2, 0.25) is 0 Å². The number of carbonyl (C=O) groups is 2. The fourth-order valence-corrected chi connectivity index (χ4v) is 4.45. The normalized spacial score (nSPS) is 15.0. The van der Waals surface area contributed by atoms with E-state index >= 15 is 0 Å². The van der Waals surface area contributed by atoms with Crippen molar-refractivity contribution in [2.24, 2.45) is 0 Å². The Kier molecular flexibility index (Phi) is 7.11. The number of methoxy groups -OCH3 is 1. The molecule has 1 fully saturated rings. The van der Waals surface area contributed by atoms with Gasteiger partial charge in [0.25, 0.3) is 5.91 Å². The molecule has 10 heteroatoms. The first-order valence-electron chi connectivity index (χ1n) is 8.50. The summed E-state index contributed by atoms with van der Waals surface area (Å²) in [5.41, 5.74) is 1.43. The van der Waals surface area contributed by atoms with Gasteiger partial charge in [0.1, 0.15) is 23.3 Å². The van der Waals surface area contributed by atoms with Crippen molar-refractivity contribution in [1.82, 2.24) is 4.90 Å². The predicted octanol–water partition coefficient (Wildman–Crippen LogP) is 4.46. The highest BCUT2D eigenvalue weighted by Gasteiger charge is 2.33. The van der Waals surface area contributed by atoms with Crippen LogP contribution in [-0.2, 0) is 16.2 Å². The van der Waals surface area contributed by atoms with Gasteiger partial charge in [-0.05, 0) is 57.4 Å². The quantitative estimate of drug-likeness (QED) is 0.434. The van der Waals surface area contributed by atoms with Crippen molar-refractivity contribution in [1.29, 1.82) is 0 Å². The summed E-state index contributed by atoms with van der Waals surface area (Å²) in [5, 5.41) is 8.93. The molecule has 1 aliphatic rings. The monoisotopic (exact) mass is 511 g/mol. The summed E-state index contributed by atoms with van der Waals surface area (Å²) in [6, 6.07) is 9.40. The first-order chi connectivity index (χ1) is 14.3. The van der Waals surface area contributed by atoms with Gasteiger partial charge in [-0.1, -0.05) is 36.1 Å². The maximum Gasteiger partial charge on any atom is 0.323 e. The van der Waals surface area contributed by atoms with E-state index in [0.29, 0.717) is 26.4 Å². The fraction of sp³-hybridized carbons (Fsp3) is 0.150. The van der Waals surface area contributed by atoms with Crippen LogP contribution in [0.5, 0.6) is 11.5 Å². The molecular formula is C20H15BrFNO5S2. The molecule has 1 heterocycles. The smallest absolute Gasteiger partial charge is 0.323 e. The maximum absolute atomic E-state index is 13.0. The molecule has 156 valence electrons. The molecule has 2 aromatic rings. The van der Waals surface area contributed by atoms with E-state index in [1.807, 2.05) is 0 Å². The lowest BCUT2D eigenvalue weighted by Crippen LogP contribution is -2.33. The summed E-state index contributed by atoms with van der Waals surface area (Å²) in [4.78, 5) is 24.7. The van der Waals surface area contributed by atoms with Crippen LogP contribution in [0.3, 0.4) is 0 Å². The number of amides is 1. The molecule has 0 spiro atoms. The van der Waals surface area contributed by atoms with E-state index in [9.17, 15) is 14.0 Å². The predicted molar refractivity (Wildman–Crippen MR) is 119 cm³/mol. The Morgan fingerprint density at radius 1 is 1.33 bits per heavy atom. The van der Waals surface area contributed by atoms with Crippen LogP contribution in [0, 0.1) is 5.82 Å². The zero-order valence-corrected chi connectivity index (χ0v) is 18.8. The minimum absolute atomic E-state index is 0.193. The van der Waals surface area contributed by atoms with Crippen LogP contribution in [0.1, 0.15) is 11.1 Å². The summed E-state index contributed by atoms with van der Waals surface area (Å²) >= 11 is 9.58. The van der Waals surface area contributed by atoms with Gasteiger partial charge in [-0.2, -0.15) is 0 Å². The number of thiocarbonyl (C=S) groups is 1. The zero-order chi connectivity index (χ0) is 21.8. The lowest BCUT2D eigenvalue weighted by molar-refractivity contribution is -0.140. The molecule has 0 aromatic heterocycles. The van der Waals surface area contributed by atoms with E-state index < -0.39 is 18.4 Å². The standard InChI is InChI=1S/C20H15BrFNO5S2/c1-27-15-7-12(8-16-19(26)23(9-17(24)25)20(29)30-16)6-14(21)18(15)28-10-11-2-4-13(22)5-3-11/h2-8H,9-10H2,1H3,(H,24,25)/b16-8-. The van der Waals surface area contributed by atoms with Crippen molar-refractivity contribution in [3.8, 4) is 11.5 Å². The number of halogens is 2. The molecule has 1 aliphatic heterocycles. The SMILES string of the molecule is COc1cc(/C=C2\SC(=S)N(CC(=O)O)C2=O)cc(Br)c1OCc1ccc(F)cc1. The largest absolute Gasteiger partial charge is 0.493 e. The summed E-state index contributed by atoms with van der Waals surface area (Å²) in [5.74, 6) is -1.04. The third-order valence-electron chi connectivity index (χ3n) is 4.01. The number of hydrogen-bond acceptors (Lipinski definition) is 6. The van der Waals surface area contributed by atoms with Crippen LogP contribution in [0.4, 0.5) is 4.39 Å². The van der Waals surface area contributed by atoms with Crippen LogP contribution in [-0.4, -0.2) is 39.9 Å². The molecule has 0 atom stereocenters. The van der Waals surface area contributed by atoms with Crippen molar-refractivity contribution >= 4 is 62.2 Å². The second-order valence-corrected chi connectivity index (χ2v) is 8.64. The molecule has 3 rings (SSSR count). The van der Waals surface area contributed by atoms with Gasteiger partial charge in [0, 0.05) is 0 Å². The molecule has 0 bridgehead atoms. The molecular weight excluding hydrogens is 497 g/mol. The minimum Gasteiger partial charge on any atom is -0.493 e. The van der Waals surface area contributed by atoms with E-state index in [2.05, 4.69) is 15.9 Å². The van der Waals surface area contributed by atoms with Crippen LogP contribution < -0.4 is 9.47 Å². The lowest BCUT2D eigenvalue weighted by atomic mass is 10.1. The average molecular weight is 512 g/mol. The zero-order valence-electron chi connectivity index (χ0n) is 15.6. The first kappa shape index (κ1) is 22.3. The van der Waals surface area contributed by atoms with E-state index in [4.69, 9.17) is 26.8 Å². The highest BCUT2D eigenvalue weighted by Crippen LogP contribution is 2.39. The topological polar surface area (TPSA) is 76.1 Å². The van der Waals surface area contributed by atoms with E-state index in [1.165, 1.54) is 19.2 Å². The Morgan fingerprint density at radius 3 is 2.67 bits per heavy atom. The fourth-order valence-electron chi connectivity index (χ4n) is 2.62. The first-order valence-corrected chi connectivity index (χ1v) is 10.5. The molecule has 1 amide bonds. The second kappa shape index (κ2) is 9.59. The maximum atomic E-state index is 13.0. The third-order valence-corrected chi connectivity index (χ3v) is 5.98. The lowest BCUT2D eigenvalue weighted by Gasteiger charge is -2.14. The van der Waals surface area contributed by atoms with Crippen molar-refractivity contribution in [2.75, 3.05) is 13.7 Å². The summed E-state index contributed by atoms with van der Waals surface area (Å²) in [7, 11) is 1.49. The van der Waals surface area contributed by atoms with Crippen LogP contribution >= 0.6 is 39.9 Å². The highest BCUT2D eigenvalue weighted by molar-refractivity contribution is 9.10. The van der Waals surface area contributed by atoms with Gasteiger partial charge in [-0.15, -0.1) is 0 Å².